The lowest BCUT2D eigenvalue weighted by Crippen LogP contribution is -2.57. The molecule has 1 aliphatic rings. The van der Waals surface area contributed by atoms with Crippen LogP contribution in [0.5, 0.6) is 0 Å². The van der Waals surface area contributed by atoms with Gasteiger partial charge < -0.3 is 20.1 Å². The first-order valence-electron chi connectivity index (χ1n) is 19.4. The van der Waals surface area contributed by atoms with E-state index in [2.05, 4.69) is 151 Å². The highest BCUT2D eigenvalue weighted by Gasteiger charge is 2.39. The number of piperazine rings is 1. The van der Waals surface area contributed by atoms with Gasteiger partial charge in [0.1, 0.15) is 7.85 Å². The van der Waals surface area contributed by atoms with Crippen molar-refractivity contribution in [2.75, 3.05) is 71.6 Å². The van der Waals surface area contributed by atoms with Crippen LogP contribution in [-0.4, -0.2) is 111 Å². The van der Waals surface area contributed by atoms with E-state index in [1.807, 2.05) is 0 Å². The summed E-state index contributed by atoms with van der Waals surface area (Å²) in [6.45, 7) is 42.8. The molecule has 0 aliphatic carbocycles. The van der Waals surface area contributed by atoms with Crippen LogP contribution in [0.2, 0.25) is 5.31 Å². The molecule has 1 unspecified atom stereocenters. The molecule has 2 N–H and O–H groups in total. The fourth-order valence-corrected chi connectivity index (χ4v) is 7.14. The predicted octanol–water partition coefficient (Wildman–Crippen LogP) is 6.88. The van der Waals surface area contributed by atoms with Crippen LogP contribution in [0, 0.1) is 27.6 Å². The van der Waals surface area contributed by atoms with Gasteiger partial charge in [0, 0.05) is 84.7 Å². The van der Waals surface area contributed by atoms with Gasteiger partial charge >= 0.3 is 0 Å². The Balaban J connectivity index is 2.49. The third kappa shape index (κ3) is 17.8. The Labute approximate surface area is 314 Å². The monoisotopic (exact) mass is 725 g/mol. The number of nitrogens with one attached hydrogen (secondary N) is 2. The molecule has 0 bridgehead atoms. The first-order valence-corrected chi connectivity index (χ1v) is 20.3. The van der Waals surface area contributed by atoms with E-state index in [0.717, 1.165) is 51.5 Å². The van der Waals surface area contributed by atoms with Crippen molar-refractivity contribution in [2.45, 2.75) is 146 Å². The molecule has 1 saturated heterocycles. The van der Waals surface area contributed by atoms with E-state index in [4.69, 9.17) is 9.47 Å². The SMILES string of the molecule is BC(C)(COCC(C)(C)CNC(=O)C(C)(C)CC(C)(C)N1CCN(CSC(C)(C)C(C)C)CC1)CC(=O)NCC(C)(C)COCC(C)(C)CC. The van der Waals surface area contributed by atoms with Gasteiger partial charge in [-0.25, -0.2) is 0 Å². The summed E-state index contributed by atoms with van der Waals surface area (Å²) in [5.41, 5.74) is -0.801. The van der Waals surface area contributed by atoms with Crippen molar-refractivity contribution in [3.05, 3.63) is 0 Å². The first-order chi connectivity index (χ1) is 22.5. The molecule has 50 heavy (non-hydrogen) atoms. The summed E-state index contributed by atoms with van der Waals surface area (Å²) in [5.74, 6) is 1.84. The van der Waals surface area contributed by atoms with Gasteiger partial charge in [0.25, 0.3) is 0 Å². The van der Waals surface area contributed by atoms with Gasteiger partial charge in [-0.15, -0.1) is 11.8 Å². The van der Waals surface area contributed by atoms with Crippen molar-refractivity contribution in [1.82, 2.24) is 20.4 Å². The largest absolute Gasteiger partial charge is 0.381 e. The summed E-state index contributed by atoms with van der Waals surface area (Å²) in [5, 5.41) is 6.06. The Morgan fingerprint density at radius 2 is 1.22 bits per heavy atom. The molecular weight excluding hydrogens is 643 g/mol. The lowest BCUT2D eigenvalue weighted by Gasteiger charge is -2.47. The zero-order valence-electron chi connectivity index (χ0n) is 35.9. The number of rotatable bonds is 23. The zero-order chi connectivity index (χ0) is 38.8. The second-order valence-electron chi connectivity index (χ2n) is 20.6. The molecule has 0 spiro atoms. The van der Waals surface area contributed by atoms with Crippen LogP contribution in [0.1, 0.15) is 130 Å². The number of hydrogen-bond donors (Lipinski definition) is 2. The van der Waals surface area contributed by atoms with Crippen LogP contribution < -0.4 is 10.6 Å². The number of carbonyl (C=O) groups is 2. The van der Waals surface area contributed by atoms with Crippen molar-refractivity contribution < 1.29 is 19.1 Å². The third-order valence-electron chi connectivity index (χ3n) is 10.8. The number of carbonyl (C=O) groups excluding carboxylic acids is 2. The maximum atomic E-state index is 13.5. The Kier molecular flexibility index (Phi) is 17.9. The lowest BCUT2D eigenvalue weighted by atomic mass is 9.68. The Morgan fingerprint density at radius 1 is 0.740 bits per heavy atom. The molecule has 8 nitrogen and oxygen atoms in total. The molecule has 0 aromatic carbocycles. The standard InChI is InChI=1S/C40H81BN4O4S/c1-17-34(4,5)26-48-27-35(6,7)24-42-32(46)22-40(16,41)29-49-28-36(8,9)25-43-33(47)37(10,11)23-38(12,13)45-20-18-44(19-21-45)30-50-39(14,15)31(2)3/h31H,17-30,41H2,1-16H3,(H,42,46)(H,43,47). The Hall–Kier alpha value is -0.805. The smallest absolute Gasteiger partial charge is 0.225 e. The minimum absolute atomic E-state index is 0.0313. The average Bonchev–Trinajstić information content (AvgIpc) is 2.97. The predicted molar refractivity (Wildman–Crippen MR) is 218 cm³/mol. The van der Waals surface area contributed by atoms with Crippen LogP contribution in [0.3, 0.4) is 0 Å². The molecule has 0 radical (unpaired) electrons. The maximum Gasteiger partial charge on any atom is 0.225 e. The summed E-state index contributed by atoms with van der Waals surface area (Å²) in [7, 11) is 2.07. The highest BCUT2D eigenvalue weighted by Crippen LogP contribution is 2.35. The second kappa shape index (κ2) is 19.0. The number of nitrogens with zero attached hydrogens (tertiary/aromatic N) is 2. The van der Waals surface area contributed by atoms with Gasteiger partial charge in [0.15, 0.2) is 0 Å². The van der Waals surface area contributed by atoms with Gasteiger partial charge in [0.05, 0.1) is 19.8 Å². The molecule has 0 aromatic heterocycles. The summed E-state index contributed by atoms with van der Waals surface area (Å²) >= 11 is 2.06. The highest BCUT2D eigenvalue weighted by molar-refractivity contribution is 8.00. The molecule has 294 valence electrons. The number of amides is 2. The second-order valence-corrected chi connectivity index (χ2v) is 22.2. The molecule has 1 atom stereocenters. The van der Waals surface area contributed by atoms with Crippen molar-refractivity contribution in [3.8, 4) is 0 Å². The topological polar surface area (TPSA) is 83.1 Å². The fourth-order valence-electron chi connectivity index (χ4n) is 6.04. The quantitative estimate of drug-likeness (QED) is 0.111. The minimum Gasteiger partial charge on any atom is -0.381 e. The van der Waals surface area contributed by atoms with Crippen LogP contribution in [-0.2, 0) is 19.1 Å². The van der Waals surface area contributed by atoms with E-state index >= 15 is 0 Å². The number of hydrogen-bond acceptors (Lipinski definition) is 7. The molecule has 10 heteroatoms. The van der Waals surface area contributed by atoms with E-state index in [1.165, 1.54) is 0 Å². The van der Waals surface area contributed by atoms with E-state index in [0.29, 0.717) is 45.2 Å². The number of ether oxygens (including phenoxy) is 2. The Morgan fingerprint density at radius 3 is 1.72 bits per heavy atom. The van der Waals surface area contributed by atoms with Crippen molar-refractivity contribution in [2.24, 2.45) is 27.6 Å². The normalized spacial score (nSPS) is 17.5. The summed E-state index contributed by atoms with van der Waals surface area (Å²) in [6.07, 6.45) is 2.24. The minimum atomic E-state index is -0.503. The van der Waals surface area contributed by atoms with E-state index < -0.39 is 5.41 Å². The van der Waals surface area contributed by atoms with E-state index in [-0.39, 0.29) is 43.7 Å². The summed E-state index contributed by atoms with van der Waals surface area (Å²) < 4.78 is 12.4. The average molecular weight is 725 g/mol. The molecule has 0 aromatic rings. The molecule has 2 amide bonds. The fraction of sp³-hybridized carbons (Fsp3) is 0.950. The molecule has 1 aliphatic heterocycles. The van der Waals surface area contributed by atoms with Gasteiger partial charge in [-0.1, -0.05) is 96.9 Å². The lowest BCUT2D eigenvalue weighted by molar-refractivity contribution is -0.132. The Bertz CT molecular complexity index is 1050. The molecule has 0 saturated carbocycles. The maximum absolute atomic E-state index is 13.5. The van der Waals surface area contributed by atoms with Gasteiger partial charge in [-0.2, -0.15) is 0 Å². The summed E-state index contributed by atoms with van der Waals surface area (Å²) in [4.78, 5) is 31.5. The van der Waals surface area contributed by atoms with Crippen LogP contribution in [0.4, 0.5) is 0 Å². The molecular formula is C40H81BN4O4S. The van der Waals surface area contributed by atoms with Crippen molar-refractivity contribution in [3.63, 3.8) is 0 Å². The molecule has 1 heterocycles. The van der Waals surface area contributed by atoms with Crippen LogP contribution >= 0.6 is 11.8 Å². The highest BCUT2D eigenvalue weighted by atomic mass is 32.2. The zero-order valence-corrected chi connectivity index (χ0v) is 36.7. The third-order valence-corrected chi connectivity index (χ3v) is 12.5. The van der Waals surface area contributed by atoms with Gasteiger partial charge in [0.2, 0.25) is 11.8 Å². The summed E-state index contributed by atoms with van der Waals surface area (Å²) in [6, 6.07) is 0. The molecule has 1 rings (SSSR count). The van der Waals surface area contributed by atoms with E-state index in [1.54, 1.807) is 0 Å². The molecule has 1 fully saturated rings. The van der Waals surface area contributed by atoms with Crippen molar-refractivity contribution >= 4 is 31.4 Å². The van der Waals surface area contributed by atoms with Crippen LogP contribution in [0.15, 0.2) is 0 Å². The first kappa shape index (κ1) is 47.2. The van der Waals surface area contributed by atoms with E-state index in [9.17, 15) is 9.59 Å². The van der Waals surface area contributed by atoms with Crippen molar-refractivity contribution in [1.29, 1.82) is 0 Å². The number of thioether (sulfide) groups is 1. The van der Waals surface area contributed by atoms with Gasteiger partial charge in [-0.3, -0.25) is 19.4 Å². The van der Waals surface area contributed by atoms with Gasteiger partial charge in [-0.05, 0) is 43.3 Å². The van der Waals surface area contributed by atoms with Crippen LogP contribution in [0.25, 0.3) is 0 Å².